The fourth-order valence-electron chi connectivity index (χ4n) is 1.98. The molecule has 0 spiro atoms. The number of benzene rings is 1. The molecule has 1 aromatic heterocycles. The van der Waals surface area contributed by atoms with Gasteiger partial charge in [0, 0.05) is 11.7 Å². The Morgan fingerprint density at radius 2 is 1.86 bits per heavy atom. The van der Waals surface area contributed by atoms with Crippen molar-refractivity contribution in [2.45, 2.75) is 19.9 Å². The first-order chi connectivity index (χ1) is 10.1. The number of hydrogen-bond acceptors (Lipinski definition) is 4. The minimum Gasteiger partial charge on any atom is -0.457 e. The second kappa shape index (κ2) is 6.74. The lowest BCUT2D eigenvalue weighted by atomic mass is 10.2. The maximum absolute atomic E-state index is 12.3. The van der Waals surface area contributed by atoms with Crippen LogP contribution in [-0.2, 0) is 9.53 Å². The quantitative estimate of drug-likeness (QED) is 0.793. The van der Waals surface area contributed by atoms with E-state index in [1.165, 1.54) is 12.3 Å². The van der Waals surface area contributed by atoms with Crippen LogP contribution in [0.1, 0.15) is 24.4 Å². The van der Waals surface area contributed by atoms with Crippen molar-refractivity contribution < 1.29 is 18.7 Å². The van der Waals surface area contributed by atoms with Crippen molar-refractivity contribution in [1.82, 2.24) is 0 Å². The van der Waals surface area contributed by atoms with Crippen molar-refractivity contribution in [3.63, 3.8) is 0 Å². The molecule has 2 rings (SSSR count). The summed E-state index contributed by atoms with van der Waals surface area (Å²) < 4.78 is 9.90. The zero-order valence-electron chi connectivity index (χ0n) is 12.0. The van der Waals surface area contributed by atoms with E-state index in [0.29, 0.717) is 0 Å². The van der Waals surface area contributed by atoms with Gasteiger partial charge in [0.25, 0.3) is 5.91 Å². The minimum absolute atomic E-state index is 0.0396. The zero-order chi connectivity index (χ0) is 15.2. The van der Waals surface area contributed by atoms with E-state index in [1.807, 2.05) is 44.2 Å². The lowest BCUT2D eigenvalue weighted by Crippen LogP contribution is -2.39. The van der Waals surface area contributed by atoms with E-state index in [4.69, 9.17) is 9.15 Å². The van der Waals surface area contributed by atoms with Gasteiger partial charge in [-0.3, -0.25) is 4.79 Å². The highest BCUT2D eigenvalue weighted by Gasteiger charge is 2.21. The van der Waals surface area contributed by atoms with Crippen LogP contribution in [0.5, 0.6) is 0 Å². The minimum atomic E-state index is -0.648. The molecule has 5 heteroatoms. The molecule has 110 valence electrons. The Hall–Kier alpha value is -2.56. The molecule has 0 saturated carbocycles. The van der Waals surface area contributed by atoms with Gasteiger partial charge in [0.15, 0.2) is 6.61 Å². The number of rotatable bonds is 5. The Morgan fingerprint density at radius 3 is 2.43 bits per heavy atom. The molecule has 0 saturated heterocycles. The molecule has 0 aliphatic heterocycles. The average molecular weight is 287 g/mol. The van der Waals surface area contributed by atoms with E-state index >= 15 is 0 Å². The molecule has 0 bridgehead atoms. The number of hydrogen-bond donors (Lipinski definition) is 0. The third-order valence-electron chi connectivity index (χ3n) is 2.87. The fraction of sp³-hybridized carbons (Fsp3) is 0.250. The van der Waals surface area contributed by atoms with Crippen LogP contribution in [-0.4, -0.2) is 24.5 Å². The van der Waals surface area contributed by atoms with E-state index in [1.54, 1.807) is 11.0 Å². The number of esters is 1. The number of furan rings is 1. The maximum atomic E-state index is 12.3. The largest absolute Gasteiger partial charge is 0.457 e. The van der Waals surface area contributed by atoms with Gasteiger partial charge in [-0.05, 0) is 38.1 Å². The highest BCUT2D eigenvalue weighted by molar-refractivity contribution is 5.96. The van der Waals surface area contributed by atoms with Crippen LogP contribution < -0.4 is 4.90 Å². The second-order valence-corrected chi connectivity index (χ2v) is 4.75. The summed E-state index contributed by atoms with van der Waals surface area (Å²) in [6, 6.07) is 12.3. The van der Waals surface area contributed by atoms with Crippen molar-refractivity contribution in [3.8, 4) is 0 Å². The van der Waals surface area contributed by atoms with Gasteiger partial charge in [0.05, 0.1) is 6.26 Å². The molecule has 0 unspecified atom stereocenters. The third kappa shape index (κ3) is 3.72. The number of carbonyl (C=O) groups is 2. The smallest absolute Gasteiger partial charge is 0.374 e. The van der Waals surface area contributed by atoms with E-state index in [0.717, 1.165) is 5.69 Å². The molecule has 0 aliphatic carbocycles. The first kappa shape index (κ1) is 14.8. The summed E-state index contributed by atoms with van der Waals surface area (Å²) >= 11 is 0. The Bertz CT molecular complexity index is 590. The summed E-state index contributed by atoms with van der Waals surface area (Å²) in [7, 11) is 0. The van der Waals surface area contributed by atoms with Crippen molar-refractivity contribution in [1.29, 1.82) is 0 Å². The predicted molar refractivity (Wildman–Crippen MR) is 78.1 cm³/mol. The molecule has 21 heavy (non-hydrogen) atoms. The van der Waals surface area contributed by atoms with Gasteiger partial charge in [-0.25, -0.2) is 4.79 Å². The number of ether oxygens (including phenoxy) is 1. The summed E-state index contributed by atoms with van der Waals surface area (Å²) in [6.45, 7) is 3.48. The summed E-state index contributed by atoms with van der Waals surface area (Å²) in [5.41, 5.74) is 0.770. The second-order valence-electron chi connectivity index (χ2n) is 4.75. The molecule has 2 aromatic rings. The lowest BCUT2D eigenvalue weighted by Gasteiger charge is -2.26. The average Bonchev–Trinajstić information content (AvgIpc) is 3.00. The summed E-state index contributed by atoms with van der Waals surface area (Å²) in [5, 5.41) is 0. The van der Waals surface area contributed by atoms with Crippen LogP contribution in [0.2, 0.25) is 0 Å². The lowest BCUT2D eigenvalue weighted by molar-refractivity contribution is -0.122. The summed E-state index contributed by atoms with van der Waals surface area (Å²) in [5.74, 6) is -0.847. The SMILES string of the molecule is CC(C)N(C(=O)COC(=O)c1ccco1)c1ccccc1. The van der Waals surface area contributed by atoms with Crippen LogP contribution >= 0.6 is 0 Å². The van der Waals surface area contributed by atoms with E-state index in [9.17, 15) is 9.59 Å². The van der Waals surface area contributed by atoms with Crippen LogP contribution in [0.4, 0.5) is 5.69 Å². The number of nitrogens with zero attached hydrogens (tertiary/aromatic N) is 1. The van der Waals surface area contributed by atoms with Gasteiger partial charge in [-0.1, -0.05) is 18.2 Å². The van der Waals surface area contributed by atoms with Crippen molar-refractivity contribution in [2.24, 2.45) is 0 Å². The van der Waals surface area contributed by atoms with Gasteiger partial charge in [-0.2, -0.15) is 0 Å². The molecular weight excluding hydrogens is 270 g/mol. The fourth-order valence-corrected chi connectivity index (χ4v) is 1.98. The molecule has 1 amide bonds. The van der Waals surface area contributed by atoms with Crippen LogP contribution in [0.25, 0.3) is 0 Å². The molecule has 0 radical (unpaired) electrons. The molecule has 0 aliphatic rings. The highest BCUT2D eigenvalue weighted by atomic mass is 16.5. The summed E-state index contributed by atoms with van der Waals surface area (Å²) in [4.78, 5) is 25.5. The number of amides is 1. The van der Waals surface area contributed by atoms with Crippen molar-refractivity contribution >= 4 is 17.6 Å². The van der Waals surface area contributed by atoms with Crippen molar-refractivity contribution in [2.75, 3.05) is 11.5 Å². The number of anilines is 1. The molecule has 0 atom stereocenters. The molecule has 0 fully saturated rings. The Kier molecular flexibility index (Phi) is 4.77. The standard InChI is InChI=1S/C16H17NO4/c1-12(2)17(13-7-4-3-5-8-13)15(18)11-21-16(19)14-9-6-10-20-14/h3-10,12H,11H2,1-2H3. The topological polar surface area (TPSA) is 59.8 Å². The molecule has 1 aromatic carbocycles. The first-order valence-electron chi connectivity index (χ1n) is 6.67. The highest BCUT2D eigenvalue weighted by Crippen LogP contribution is 2.17. The van der Waals surface area contributed by atoms with Gasteiger partial charge in [-0.15, -0.1) is 0 Å². The van der Waals surface area contributed by atoms with Gasteiger partial charge in [0.2, 0.25) is 5.76 Å². The first-order valence-corrected chi connectivity index (χ1v) is 6.67. The van der Waals surface area contributed by atoms with E-state index in [2.05, 4.69) is 0 Å². The van der Waals surface area contributed by atoms with Crippen molar-refractivity contribution in [3.05, 3.63) is 54.5 Å². The Labute approximate surface area is 123 Å². The predicted octanol–water partition coefficient (Wildman–Crippen LogP) is 2.88. The Morgan fingerprint density at radius 1 is 1.14 bits per heavy atom. The molecule has 1 heterocycles. The Balaban J connectivity index is 2.02. The monoisotopic (exact) mass is 287 g/mol. The molecular formula is C16H17NO4. The van der Waals surface area contributed by atoms with Crippen LogP contribution in [0, 0.1) is 0 Å². The maximum Gasteiger partial charge on any atom is 0.374 e. The molecule has 0 N–H and O–H groups in total. The van der Waals surface area contributed by atoms with Crippen LogP contribution in [0.15, 0.2) is 53.1 Å². The normalized spacial score (nSPS) is 10.4. The summed E-state index contributed by atoms with van der Waals surface area (Å²) in [6.07, 6.45) is 1.38. The number of carbonyl (C=O) groups excluding carboxylic acids is 2. The van der Waals surface area contributed by atoms with Crippen LogP contribution in [0.3, 0.4) is 0 Å². The van der Waals surface area contributed by atoms with E-state index in [-0.39, 0.29) is 24.3 Å². The van der Waals surface area contributed by atoms with Gasteiger partial charge in [0.1, 0.15) is 0 Å². The molecule has 5 nitrogen and oxygen atoms in total. The van der Waals surface area contributed by atoms with Gasteiger partial charge >= 0.3 is 5.97 Å². The van der Waals surface area contributed by atoms with E-state index < -0.39 is 5.97 Å². The van der Waals surface area contributed by atoms with Gasteiger partial charge < -0.3 is 14.1 Å². The zero-order valence-corrected chi connectivity index (χ0v) is 12.0. The number of para-hydroxylation sites is 1. The third-order valence-corrected chi connectivity index (χ3v) is 2.87.